The van der Waals surface area contributed by atoms with Gasteiger partial charge in [-0.3, -0.25) is 4.90 Å². The second-order valence-corrected chi connectivity index (χ2v) is 6.04. The van der Waals surface area contributed by atoms with Gasteiger partial charge in [0.2, 0.25) is 0 Å². The predicted molar refractivity (Wildman–Crippen MR) is 86.4 cm³/mol. The Bertz CT molecular complexity index is 691. The maximum atomic E-state index is 13.8. The van der Waals surface area contributed by atoms with E-state index in [2.05, 4.69) is 15.9 Å². The minimum absolute atomic E-state index is 0.213. The molecule has 0 bridgehead atoms. The van der Waals surface area contributed by atoms with E-state index in [1.54, 1.807) is 6.07 Å². The minimum Gasteiger partial charge on any atom is -0.444 e. The lowest BCUT2D eigenvalue weighted by Crippen LogP contribution is -2.36. The van der Waals surface area contributed by atoms with E-state index in [9.17, 15) is 9.18 Å². The van der Waals surface area contributed by atoms with Gasteiger partial charge in [0.05, 0.1) is 10.2 Å². The molecule has 2 aromatic carbocycles. The van der Waals surface area contributed by atoms with E-state index in [4.69, 9.17) is 4.74 Å². The van der Waals surface area contributed by atoms with Gasteiger partial charge < -0.3 is 4.74 Å². The number of halogens is 2. The summed E-state index contributed by atoms with van der Waals surface area (Å²) in [5.74, 6) is -0.374. The average Bonchev–Trinajstić information content (AvgIpc) is 2.54. The molecule has 3 nitrogen and oxygen atoms in total. The molecule has 1 aliphatic rings. The van der Waals surface area contributed by atoms with Crippen LogP contribution in [0.1, 0.15) is 17.5 Å². The van der Waals surface area contributed by atoms with Gasteiger partial charge in [0, 0.05) is 6.54 Å². The molecule has 1 amide bonds. The van der Waals surface area contributed by atoms with Crippen molar-refractivity contribution in [3.8, 4) is 0 Å². The third-order valence-corrected chi connectivity index (χ3v) is 4.27. The van der Waals surface area contributed by atoms with Crippen molar-refractivity contribution in [1.29, 1.82) is 0 Å². The smallest absolute Gasteiger partial charge is 0.414 e. The third kappa shape index (κ3) is 3.14. The molecule has 0 unspecified atom stereocenters. The number of rotatable bonds is 2. The second kappa shape index (κ2) is 6.48. The number of anilines is 1. The summed E-state index contributed by atoms with van der Waals surface area (Å²) < 4.78 is 19.5. The number of nitrogens with zero attached hydrogens (tertiary/aromatic N) is 1. The zero-order chi connectivity index (χ0) is 15.5. The predicted octanol–water partition coefficient (Wildman–Crippen LogP) is 4.68. The highest BCUT2D eigenvalue weighted by Gasteiger charge is 2.25. The zero-order valence-electron chi connectivity index (χ0n) is 11.9. The van der Waals surface area contributed by atoms with Crippen molar-refractivity contribution in [3.63, 3.8) is 0 Å². The van der Waals surface area contributed by atoms with Crippen LogP contribution in [0.2, 0.25) is 0 Å². The lowest BCUT2D eigenvalue weighted by atomic mass is 10.0. The van der Waals surface area contributed by atoms with Gasteiger partial charge in [-0.25, -0.2) is 9.18 Å². The summed E-state index contributed by atoms with van der Waals surface area (Å²) in [6.45, 7) is 0.756. The van der Waals surface area contributed by atoms with Crippen molar-refractivity contribution in [2.75, 3.05) is 11.4 Å². The summed E-state index contributed by atoms with van der Waals surface area (Å²) in [5.41, 5.74) is 2.48. The first-order chi connectivity index (χ1) is 10.6. The number of aryl methyl sites for hydroxylation is 1. The Kier molecular flexibility index (Phi) is 4.43. The summed E-state index contributed by atoms with van der Waals surface area (Å²) in [4.78, 5) is 13.8. The fourth-order valence-electron chi connectivity index (χ4n) is 2.56. The maximum absolute atomic E-state index is 13.8. The van der Waals surface area contributed by atoms with Gasteiger partial charge in [-0.15, -0.1) is 0 Å². The maximum Gasteiger partial charge on any atom is 0.414 e. The second-order valence-electron chi connectivity index (χ2n) is 5.19. The Morgan fingerprint density at radius 3 is 2.82 bits per heavy atom. The Morgan fingerprint density at radius 1 is 1.27 bits per heavy atom. The van der Waals surface area contributed by atoms with Crippen molar-refractivity contribution in [2.45, 2.75) is 19.4 Å². The highest BCUT2D eigenvalue weighted by atomic mass is 79.9. The quantitative estimate of drug-likeness (QED) is 0.775. The van der Waals surface area contributed by atoms with Crippen LogP contribution in [0.25, 0.3) is 0 Å². The number of hydrogen-bond acceptors (Lipinski definition) is 2. The molecule has 114 valence electrons. The molecule has 0 fully saturated rings. The lowest BCUT2D eigenvalue weighted by molar-refractivity contribution is 0.146. The summed E-state index contributed by atoms with van der Waals surface area (Å²) in [7, 11) is 0. The van der Waals surface area contributed by atoms with Crippen molar-refractivity contribution in [2.24, 2.45) is 0 Å². The largest absolute Gasteiger partial charge is 0.444 e. The first-order valence-electron chi connectivity index (χ1n) is 7.11. The summed E-state index contributed by atoms with van der Waals surface area (Å²) in [5, 5.41) is 0. The molecular formula is C17H15BrFNO2. The van der Waals surface area contributed by atoms with Crippen LogP contribution in [0, 0.1) is 5.82 Å². The Hall–Kier alpha value is -1.88. The summed E-state index contributed by atoms with van der Waals surface area (Å²) >= 11 is 3.18. The van der Waals surface area contributed by atoms with Crippen LogP contribution >= 0.6 is 15.9 Å². The Labute approximate surface area is 136 Å². The molecule has 0 spiro atoms. The van der Waals surface area contributed by atoms with E-state index in [1.807, 2.05) is 30.3 Å². The molecule has 0 aromatic heterocycles. The van der Waals surface area contributed by atoms with Crippen LogP contribution < -0.4 is 4.90 Å². The summed E-state index contributed by atoms with van der Waals surface area (Å²) in [6, 6.07) is 12.6. The number of amides is 1. The molecule has 0 aliphatic carbocycles. The van der Waals surface area contributed by atoms with Crippen LogP contribution in [0.3, 0.4) is 0 Å². The van der Waals surface area contributed by atoms with Crippen LogP contribution in [0.5, 0.6) is 0 Å². The molecule has 0 saturated carbocycles. The highest BCUT2D eigenvalue weighted by Crippen LogP contribution is 2.32. The van der Waals surface area contributed by atoms with Gasteiger partial charge in [0.15, 0.2) is 0 Å². The molecule has 1 heterocycles. The molecule has 1 aliphatic heterocycles. The van der Waals surface area contributed by atoms with Gasteiger partial charge in [-0.1, -0.05) is 30.3 Å². The van der Waals surface area contributed by atoms with Crippen molar-refractivity contribution in [1.82, 2.24) is 0 Å². The van der Waals surface area contributed by atoms with E-state index < -0.39 is 6.09 Å². The molecule has 0 atom stereocenters. The molecule has 0 radical (unpaired) electrons. The SMILES string of the molecule is O=C(OCc1ccccc1)N1CCCc2cc(Br)c(F)cc21. The molecular weight excluding hydrogens is 349 g/mol. The van der Waals surface area contributed by atoms with E-state index in [-0.39, 0.29) is 12.4 Å². The number of benzene rings is 2. The average molecular weight is 364 g/mol. The van der Waals surface area contributed by atoms with E-state index in [0.717, 1.165) is 24.0 Å². The van der Waals surface area contributed by atoms with Crippen molar-refractivity contribution in [3.05, 3.63) is 63.9 Å². The monoisotopic (exact) mass is 363 g/mol. The molecule has 5 heteroatoms. The van der Waals surface area contributed by atoms with Gasteiger partial charge in [-0.2, -0.15) is 0 Å². The number of hydrogen-bond donors (Lipinski definition) is 0. The highest BCUT2D eigenvalue weighted by molar-refractivity contribution is 9.10. The van der Waals surface area contributed by atoms with Crippen molar-refractivity contribution >= 4 is 27.7 Å². The standard InChI is InChI=1S/C17H15BrFNO2/c18-14-9-13-7-4-8-20(16(13)10-15(14)19)17(21)22-11-12-5-2-1-3-6-12/h1-3,5-6,9-10H,4,7-8,11H2. The van der Waals surface area contributed by atoms with E-state index >= 15 is 0 Å². The van der Waals surface area contributed by atoms with Gasteiger partial charge >= 0.3 is 6.09 Å². The Morgan fingerprint density at radius 2 is 2.05 bits per heavy atom. The molecule has 22 heavy (non-hydrogen) atoms. The van der Waals surface area contributed by atoms with Gasteiger partial charge in [-0.05, 0) is 52.0 Å². The van der Waals surface area contributed by atoms with Crippen molar-refractivity contribution < 1.29 is 13.9 Å². The molecule has 2 aromatic rings. The third-order valence-electron chi connectivity index (χ3n) is 3.67. The van der Waals surface area contributed by atoms with Gasteiger partial charge in [0.1, 0.15) is 12.4 Å². The topological polar surface area (TPSA) is 29.5 Å². The number of carbonyl (C=O) groups excluding carboxylic acids is 1. The zero-order valence-corrected chi connectivity index (χ0v) is 13.5. The molecule has 0 saturated heterocycles. The summed E-state index contributed by atoms with van der Waals surface area (Å²) in [6.07, 6.45) is 1.23. The van der Waals surface area contributed by atoms with Gasteiger partial charge in [0.25, 0.3) is 0 Å². The van der Waals surface area contributed by atoms with Crippen LogP contribution in [0.15, 0.2) is 46.9 Å². The molecule has 0 N–H and O–H groups in total. The van der Waals surface area contributed by atoms with E-state index in [0.29, 0.717) is 16.7 Å². The number of carbonyl (C=O) groups is 1. The van der Waals surface area contributed by atoms with Crippen LogP contribution in [0.4, 0.5) is 14.9 Å². The number of ether oxygens (including phenoxy) is 1. The van der Waals surface area contributed by atoms with Crippen LogP contribution in [-0.4, -0.2) is 12.6 Å². The fourth-order valence-corrected chi connectivity index (χ4v) is 2.95. The molecule has 3 rings (SSSR count). The van der Waals surface area contributed by atoms with Crippen LogP contribution in [-0.2, 0) is 17.8 Å². The number of fused-ring (bicyclic) bond motifs is 1. The normalized spacial score (nSPS) is 13.6. The minimum atomic E-state index is -0.438. The fraction of sp³-hybridized carbons (Fsp3) is 0.235. The lowest BCUT2D eigenvalue weighted by Gasteiger charge is -2.29. The first-order valence-corrected chi connectivity index (χ1v) is 7.90. The first kappa shape index (κ1) is 15.0. The van der Waals surface area contributed by atoms with E-state index in [1.165, 1.54) is 11.0 Å². The Balaban J connectivity index is 1.76.